The zero-order valence-corrected chi connectivity index (χ0v) is 9.78. The third-order valence-corrected chi connectivity index (χ3v) is 3.61. The van der Waals surface area contributed by atoms with Crippen LogP contribution in [-0.4, -0.2) is 43.3 Å². The Balaban J connectivity index is 1.93. The monoisotopic (exact) mass is 211 g/mol. The summed E-state index contributed by atoms with van der Waals surface area (Å²) in [7, 11) is 5.32. The molecular weight excluding hydrogens is 191 g/mol. The molecule has 2 bridgehead atoms. The largest absolute Gasteiger partial charge is 0.435 e. The highest BCUT2D eigenvalue weighted by Gasteiger charge is 2.38. The van der Waals surface area contributed by atoms with E-state index < -0.39 is 0 Å². The summed E-state index contributed by atoms with van der Waals surface area (Å²) in [5.74, 6) is 2.12. The van der Waals surface area contributed by atoms with Crippen molar-refractivity contribution in [3.05, 3.63) is 12.2 Å². The van der Waals surface area contributed by atoms with E-state index >= 15 is 0 Å². The molecule has 15 heavy (non-hydrogen) atoms. The van der Waals surface area contributed by atoms with Crippen LogP contribution in [0.2, 0.25) is 0 Å². The first-order valence-corrected chi connectivity index (χ1v) is 5.67. The number of nitrogens with zero attached hydrogens (tertiary/aromatic N) is 2. The Hall–Kier alpha value is -0.860. The molecule has 84 valence electrons. The SMILES string of the molecule is CN(CC1CC2C=CC1C2)C(F)=[N+](C)C. The molecule has 0 aromatic rings. The Morgan fingerprint density at radius 1 is 1.40 bits per heavy atom. The molecule has 0 aromatic carbocycles. The van der Waals surface area contributed by atoms with Crippen molar-refractivity contribution in [3.8, 4) is 0 Å². The van der Waals surface area contributed by atoms with Crippen LogP contribution >= 0.6 is 0 Å². The van der Waals surface area contributed by atoms with Gasteiger partial charge in [0.1, 0.15) is 0 Å². The van der Waals surface area contributed by atoms with Crippen molar-refractivity contribution in [2.75, 3.05) is 27.7 Å². The summed E-state index contributed by atoms with van der Waals surface area (Å²) in [5, 5.41) is 0. The van der Waals surface area contributed by atoms with E-state index in [1.165, 1.54) is 17.4 Å². The molecule has 0 amide bonds. The fourth-order valence-corrected chi connectivity index (χ4v) is 2.87. The van der Waals surface area contributed by atoms with Gasteiger partial charge in [0.05, 0.1) is 27.7 Å². The lowest BCUT2D eigenvalue weighted by Crippen LogP contribution is -2.34. The molecule has 1 fully saturated rings. The summed E-state index contributed by atoms with van der Waals surface area (Å²) in [5.41, 5.74) is 0. The third kappa shape index (κ3) is 2.06. The topological polar surface area (TPSA) is 6.25 Å². The highest BCUT2D eigenvalue weighted by molar-refractivity contribution is 5.66. The number of amidine groups is 1. The zero-order valence-electron chi connectivity index (χ0n) is 9.78. The van der Waals surface area contributed by atoms with E-state index in [0.29, 0.717) is 11.8 Å². The van der Waals surface area contributed by atoms with Crippen molar-refractivity contribution in [1.29, 1.82) is 0 Å². The lowest BCUT2D eigenvalue weighted by molar-refractivity contribution is -0.476. The summed E-state index contributed by atoms with van der Waals surface area (Å²) < 4.78 is 15.1. The summed E-state index contributed by atoms with van der Waals surface area (Å²) >= 11 is 0. The van der Waals surface area contributed by atoms with Gasteiger partial charge in [-0.3, -0.25) is 0 Å². The number of halogens is 1. The van der Waals surface area contributed by atoms with Gasteiger partial charge in [0.25, 0.3) is 0 Å². The number of hydrogen-bond acceptors (Lipinski definition) is 0. The van der Waals surface area contributed by atoms with Crippen LogP contribution in [0.1, 0.15) is 12.8 Å². The first-order chi connectivity index (χ1) is 7.08. The fraction of sp³-hybridized carbons (Fsp3) is 0.750. The molecule has 0 aliphatic heterocycles. The maximum Gasteiger partial charge on any atom is 0.435 e. The standard InChI is InChI=1S/C12H20FN2/c1-14(2)12(13)15(3)8-11-7-9-4-5-10(11)6-9/h4-5,9-11H,6-8H2,1-3H3/q+1. The molecule has 2 aliphatic carbocycles. The molecule has 3 heteroatoms. The van der Waals surface area contributed by atoms with Gasteiger partial charge in [0.15, 0.2) is 0 Å². The zero-order chi connectivity index (χ0) is 11.0. The van der Waals surface area contributed by atoms with Crippen LogP contribution in [0.4, 0.5) is 4.39 Å². The molecule has 2 aliphatic rings. The van der Waals surface area contributed by atoms with Crippen molar-refractivity contribution in [3.63, 3.8) is 0 Å². The molecule has 0 spiro atoms. The molecule has 0 aromatic heterocycles. The Kier molecular flexibility index (Phi) is 2.81. The molecule has 1 saturated carbocycles. The quantitative estimate of drug-likeness (QED) is 0.222. The van der Waals surface area contributed by atoms with Crippen LogP contribution in [0, 0.1) is 17.8 Å². The minimum atomic E-state index is -0.137. The van der Waals surface area contributed by atoms with Crippen LogP contribution in [0.3, 0.4) is 0 Å². The van der Waals surface area contributed by atoms with Gasteiger partial charge in [-0.1, -0.05) is 12.2 Å². The van der Waals surface area contributed by atoms with Gasteiger partial charge in [-0.15, -0.1) is 4.39 Å². The molecule has 2 nitrogen and oxygen atoms in total. The van der Waals surface area contributed by atoms with Crippen molar-refractivity contribution < 1.29 is 8.97 Å². The minimum Gasteiger partial charge on any atom is -0.241 e. The predicted octanol–water partition coefficient (Wildman–Crippen LogP) is 1.73. The van der Waals surface area contributed by atoms with Gasteiger partial charge in [-0.05, 0) is 24.7 Å². The highest BCUT2D eigenvalue weighted by Crippen LogP contribution is 2.43. The Bertz CT molecular complexity index is 305. The van der Waals surface area contributed by atoms with Gasteiger partial charge in [-0.25, -0.2) is 9.48 Å². The van der Waals surface area contributed by atoms with Crippen LogP contribution in [0.15, 0.2) is 12.2 Å². The summed E-state index contributed by atoms with van der Waals surface area (Å²) in [6, 6.07) is 0. The van der Waals surface area contributed by atoms with Gasteiger partial charge in [0.2, 0.25) is 0 Å². The van der Waals surface area contributed by atoms with E-state index in [2.05, 4.69) is 12.2 Å². The predicted molar refractivity (Wildman–Crippen MR) is 59.7 cm³/mol. The number of fused-ring (bicyclic) bond motifs is 2. The summed E-state index contributed by atoms with van der Waals surface area (Å²) in [6.07, 6.45) is 7.05. The highest BCUT2D eigenvalue weighted by atomic mass is 19.1. The molecule has 0 heterocycles. The maximum absolute atomic E-state index is 13.6. The average Bonchev–Trinajstić information content (AvgIpc) is 2.77. The molecular formula is C12H20FN2+. The first kappa shape index (κ1) is 10.7. The Labute approximate surface area is 91.1 Å². The van der Waals surface area contributed by atoms with E-state index in [9.17, 15) is 4.39 Å². The second-order valence-corrected chi connectivity index (χ2v) is 5.08. The second kappa shape index (κ2) is 3.95. The normalized spacial score (nSPS) is 32.1. The van der Waals surface area contributed by atoms with Crippen LogP contribution in [0.5, 0.6) is 0 Å². The van der Waals surface area contributed by atoms with Gasteiger partial charge >= 0.3 is 6.09 Å². The van der Waals surface area contributed by atoms with Gasteiger partial charge in [0, 0.05) is 5.92 Å². The number of rotatable bonds is 2. The van der Waals surface area contributed by atoms with E-state index in [1.807, 2.05) is 7.05 Å². The van der Waals surface area contributed by atoms with E-state index in [4.69, 9.17) is 0 Å². The second-order valence-electron chi connectivity index (χ2n) is 5.08. The fourth-order valence-electron chi connectivity index (χ4n) is 2.87. The maximum atomic E-state index is 13.6. The number of hydrogen-bond donors (Lipinski definition) is 0. The molecule has 0 N–H and O–H groups in total. The third-order valence-electron chi connectivity index (χ3n) is 3.61. The molecule has 0 saturated heterocycles. The lowest BCUT2D eigenvalue weighted by Gasteiger charge is -2.20. The van der Waals surface area contributed by atoms with Crippen molar-refractivity contribution in [2.45, 2.75) is 12.8 Å². The molecule has 2 rings (SSSR count). The minimum absolute atomic E-state index is 0.137. The number of allylic oxidation sites excluding steroid dienone is 2. The molecule has 3 unspecified atom stereocenters. The first-order valence-electron chi connectivity index (χ1n) is 5.67. The van der Waals surface area contributed by atoms with Gasteiger partial charge < -0.3 is 0 Å². The molecule has 0 radical (unpaired) electrons. The van der Waals surface area contributed by atoms with Crippen LogP contribution < -0.4 is 0 Å². The van der Waals surface area contributed by atoms with Crippen LogP contribution in [0.25, 0.3) is 0 Å². The van der Waals surface area contributed by atoms with Crippen molar-refractivity contribution in [1.82, 2.24) is 4.90 Å². The van der Waals surface area contributed by atoms with Crippen molar-refractivity contribution in [2.24, 2.45) is 17.8 Å². The average molecular weight is 211 g/mol. The van der Waals surface area contributed by atoms with Crippen LogP contribution in [-0.2, 0) is 0 Å². The summed E-state index contributed by atoms with van der Waals surface area (Å²) in [6.45, 7) is 0.843. The van der Waals surface area contributed by atoms with E-state index in [1.54, 1.807) is 19.0 Å². The lowest BCUT2D eigenvalue weighted by atomic mass is 9.93. The smallest absolute Gasteiger partial charge is 0.241 e. The molecule has 3 atom stereocenters. The van der Waals surface area contributed by atoms with E-state index in [-0.39, 0.29) is 6.09 Å². The van der Waals surface area contributed by atoms with Gasteiger partial charge in [-0.2, -0.15) is 0 Å². The Morgan fingerprint density at radius 2 is 2.13 bits per heavy atom. The van der Waals surface area contributed by atoms with Crippen molar-refractivity contribution >= 4 is 6.09 Å². The summed E-state index contributed by atoms with van der Waals surface area (Å²) in [4.78, 5) is 1.74. The Morgan fingerprint density at radius 3 is 2.60 bits per heavy atom. The van der Waals surface area contributed by atoms with E-state index in [0.717, 1.165) is 12.5 Å².